The number of hydrogen-bond acceptors (Lipinski definition) is 7. The van der Waals surface area contributed by atoms with Crippen LogP contribution >= 0.6 is 0 Å². The molecule has 0 aliphatic heterocycles. The van der Waals surface area contributed by atoms with E-state index in [1.165, 1.54) is 12.7 Å². The van der Waals surface area contributed by atoms with Crippen molar-refractivity contribution in [2.24, 2.45) is 0 Å². The average Bonchev–Trinajstić information content (AvgIpc) is 3.60. The largest absolute Gasteiger partial charge is 2.00 e. The van der Waals surface area contributed by atoms with Crippen LogP contribution in [0, 0.1) is 24.3 Å². The molecule has 0 radical (unpaired) electrons. The number of pyridine rings is 2. The summed E-state index contributed by atoms with van der Waals surface area (Å²) in [6.07, 6.45) is 6.67. The number of fused-ring (bicyclic) bond motifs is 3. The van der Waals surface area contributed by atoms with Gasteiger partial charge in [-0.2, -0.15) is 22.9 Å². The Bertz CT molecular complexity index is 2820. The molecule has 59 heavy (non-hydrogen) atoms. The first kappa shape index (κ1) is 39.2. The van der Waals surface area contributed by atoms with Gasteiger partial charge in [-0.1, -0.05) is 108 Å². The first-order chi connectivity index (χ1) is 28.2. The molecule has 0 aliphatic rings. The monoisotopic (exact) mass is 1120 g/mol. The molecule has 0 fully saturated rings. The Labute approximate surface area is 369 Å². The molecular formula is C49H28N6O2Pt2. The van der Waals surface area contributed by atoms with Crippen LogP contribution in [-0.4, -0.2) is 29.5 Å². The fourth-order valence-corrected chi connectivity index (χ4v) is 6.75. The molecule has 6 aromatic carbocycles. The predicted molar refractivity (Wildman–Crippen MR) is 220 cm³/mol. The van der Waals surface area contributed by atoms with Gasteiger partial charge < -0.3 is 24.0 Å². The fraction of sp³-hybridized carbons (Fsp3) is 0. The van der Waals surface area contributed by atoms with E-state index < -0.39 is 0 Å². The van der Waals surface area contributed by atoms with Crippen LogP contribution in [0.1, 0.15) is 0 Å². The average molecular weight is 1120 g/mol. The summed E-state index contributed by atoms with van der Waals surface area (Å²) in [4.78, 5) is 22.4. The molecular weight excluding hydrogens is 1090 g/mol. The van der Waals surface area contributed by atoms with Crippen molar-refractivity contribution in [3.05, 3.63) is 195 Å². The van der Waals surface area contributed by atoms with E-state index in [4.69, 9.17) is 19.4 Å². The van der Waals surface area contributed by atoms with Crippen molar-refractivity contribution in [1.29, 1.82) is 0 Å². The van der Waals surface area contributed by atoms with E-state index in [0.29, 0.717) is 40.0 Å². The molecule has 0 atom stereocenters. The van der Waals surface area contributed by atoms with Crippen molar-refractivity contribution in [1.82, 2.24) is 29.5 Å². The zero-order valence-electron chi connectivity index (χ0n) is 30.8. The summed E-state index contributed by atoms with van der Waals surface area (Å²) in [5.41, 5.74) is 8.94. The molecule has 0 aliphatic carbocycles. The molecule has 10 aromatic rings. The van der Waals surface area contributed by atoms with Gasteiger partial charge in [0.25, 0.3) is 0 Å². The van der Waals surface area contributed by atoms with E-state index in [1.807, 2.05) is 126 Å². The Kier molecular flexibility index (Phi) is 11.6. The van der Waals surface area contributed by atoms with Crippen LogP contribution < -0.4 is 9.47 Å². The number of hydrogen-bond donors (Lipinski definition) is 0. The standard InChI is InChI=1S/C49H28N6O2.2Pt/c1-3-9-33(10-4-1)37-17-23-45(51-29-37)35-13-7-15-39(25-35)56-41-19-21-43-44-22-20-42(28-48(44)55(47(43)27-41)49-53-31-50-32-54-49)57-40-16-8-14-36(26-40)46-24-18-38(30-52-46)34-11-5-2-6-12-34;;/h1-24,29-32H;;/q-4;2*+2. The molecule has 0 saturated carbocycles. The number of aromatic nitrogens is 6. The van der Waals surface area contributed by atoms with E-state index >= 15 is 0 Å². The van der Waals surface area contributed by atoms with Gasteiger partial charge >= 0.3 is 42.1 Å². The molecule has 10 rings (SSSR count). The summed E-state index contributed by atoms with van der Waals surface area (Å²) in [5, 5.41) is 1.83. The number of nitrogens with zero attached hydrogens (tertiary/aromatic N) is 6. The normalized spacial score (nSPS) is 10.8. The van der Waals surface area contributed by atoms with Gasteiger partial charge in [-0.15, -0.1) is 71.8 Å². The summed E-state index contributed by atoms with van der Waals surface area (Å²) in [7, 11) is 0. The molecule has 286 valence electrons. The van der Waals surface area contributed by atoms with E-state index in [1.54, 1.807) is 0 Å². The third kappa shape index (κ3) is 8.24. The fourth-order valence-electron chi connectivity index (χ4n) is 6.75. The minimum absolute atomic E-state index is 0. The Morgan fingerprint density at radius 2 is 0.847 bits per heavy atom. The second-order valence-corrected chi connectivity index (χ2v) is 13.1. The zero-order chi connectivity index (χ0) is 38.0. The Balaban J connectivity index is 0.00000242. The van der Waals surface area contributed by atoms with Gasteiger partial charge in [-0.25, -0.2) is 15.0 Å². The Morgan fingerprint density at radius 3 is 1.29 bits per heavy atom. The van der Waals surface area contributed by atoms with Crippen LogP contribution in [-0.2, 0) is 42.1 Å². The van der Waals surface area contributed by atoms with E-state index in [-0.39, 0.29) is 42.1 Å². The van der Waals surface area contributed by atoms with Gasteiger partial charge in [0, 0.05) is 35.4 Å². The summed E-state index contributed by atoms with van der Waals surface area (Å²) in [6, 6.07) is 61.4. The van der Waals surface area contributed by atoms with Crippen molar-refractivity contribution < 1.29 is 51.6 Å². The third-order valence-electron chi connectivity index (χ3n) is 9.48. The minimum Gasteiger partial charge on any atom is -0.503 e. The van der Waals surface area contributed by atoms with Crippen molar-refractivity contribution in [2.45, 2.75) is 0 Å². The van der Waals surface area contributed by atoms with Gasteiger partial charge in [0.1, 0.15) is 12.7 Å². The summed E-state index contributed by atoms with van der Waals surface area (Å²) in [5.74, 6) is 2.46. The molecule has 4 aromatic heterocycles. The maximum Gasteiger partial charge on any atom is 2.00 e. The van der Waals surface area contributed by atoms with Gasteiger partial charge in [-0.3, -0.25) is 0 Å². The topological polar surface area (TPSA) is 87.8 Å². The minimum atomic E-state index is 0. The second-order valence-electron chi connectivity index (χ2n) is 13.1. The van der Waals surface area contributed by atoms with Crippen LogP contribution in [0.3, 0.4) is 0 Å². The Morgan fingerprint density at radius 1 is 0.390 bits per heavy atom. The molecule has 0 saturated heterocycles. The summed E-state index contributed by atoms with van der Waals surface area (Å²) >= 11 is 0. The van der Waals surface area contributed by atoms with Crippen molar-refractivity contribution in [2.75, 3.05) is 0 Å². The third-order valence-corrected chi connectivity index (χ3v) is 9.48. The first-order valence-electron chi connectivity index (χ1n) is 18.2. The first-order valence-corrected chi connectivity index (χ1v) is 18.2. The quantitative estimate of drug-likeness (QED) is 0.133. The predicted octanol–water partition coefficient (Wildman–Crippen LogP) is 11.2. The van der Waals surface area contributed by atoms with Crippen molar-refractivity contribution in [3.63, 3.8) is 0 Å². The van der Waals surface area contributed by atoms with Crippen LogP contribution in [0.5, 0.6) is 23.0 Å². The molecule has 0 unspecified atom stereocenters. The smallest absolute Gasteiger partial charge is 0.503 e. The number of rotatable bonds is 9. The maximum atomic E-state index is 6.36. The molecule has 0 N–H and O–H groups in total. The van der Waals surface area contributed by atoms with Gasteiger partial charge in [-0.05, 0) is 33.6 Å². The van der Waals surface area contributed by atoms with Crippen molar-refractivity contribution >= 4 is 21.8 Å². The van der Waals surface area contributed by atoms with E-state index in [9.17, 15) is 0 Å². The molecule has 8 nitrogen and oxygen atoms in total. The van der Waals surface area contributed by atoms with Crippen LogP contribution in [0.15, 0.2) is 171 Å². The molecule has 4 heterocycles. The van der Waals surface area contributed by atoms with Gasteiger partial charge in [0.15, 0.2) is 0 Å². The SMILES string of the molecule is [Pt+2].[Pt+2].[c-]1c(Oc2[c-]c3c(cc2)c2ccc(Oc4[c-]c(-c5ccc(-c6ccccc6)cn5)ccc4)[c-]c2n3-c2ncncn2)cccc1-c1ccc(-c2ccccc2)cn1. The number of ether oxygens (including phenoxy) is 2. The molecule has 0 bridgehead atoms. The zero-order valence-corrected chi connectivity index (χ0v) is 35.3. The van der Waals surface area contributed by atoms with Crippen molar-refractivity contribution in [3.8, 4) is 73.7 Å². The van der Waals surface area contributed by atoms with Crippen LogP contribution in [0.4, 0.5) is 0 Å². The Hall–Kier alpha value is -6.59. The summed E-state index contributed by atoms with van der Waals surface area (Å²) < 4.78 is 14.6. The van der Waals surface area contributed by atoms with E-state index in [0.717, 1.165) is 55.5 Å². The van der Waals surface area contributed by atoms with Gasteiger partial charge in [0.2, 0.25) is 5.95 Å². The van der Waals surface area contributed by atoms with Crippen LogP contribution in [0.2, 0.25) is 0 Å². The summed E-state index contributed by atoms with van der Waals surface area (Å²) in [6.45, 7) is 0. The maximum absolute atomic E-state index is 6.36. The second kappa shape index (κ2) is 17.5. The number of benzene rings is 6. The molecule has 10 heteroatoms. The molecule has 0 spiro atoms. The van der Waals surface area contributed by atoms with Crippen LogP contribution in [0.25, 0.3) is 72.5 Å². The van der Waals surface area contributed by atoms with Gasteiger partial charge in [0.05, 0.1) is 0 Å². The molecule has 0 amide bonds. The van der Waals surface area contributed by atoms with E-state index in [2.05, 4.69) is 75.6 Å².